The summed E-state index contributed by atoms with van der Waals surface area (Å²) in [6.07, 6.45) is -0.699. The van der Waals surface area contributed by atoms with E-state index in [0.29, 0.717) is 29.4 Å². The Bertz CT molecular complexity index is 1000. The van der Waals surface area contributed by atoms with Crippen LogP contribution in [0.15, 0.2) is 30.7 Å². The Kier molecular flexibility index (Phi) is 5.65. The van der Waals surface area contributed by atoms with Crippen LogP contribution in [-0.4, -0.2) is 74.3 Å². The number of hydrogen-bond acceptors (Lipinski definition) is 5. The van der Waals surface area contributed by atoms with Crippen molar-refractivity contribution in [3.63, 3.8) is 0 Å². The quantitative estimate of drug-likeness (QED) is 0.713. The topological polar surface area (TPSA) is 83.4 Å². The number of nitrogens with zero attached hydrogens (tertiary/aromatic N) is 5. The second-order valence-corrected chi connectivity index (χ2v) is 8.04. The fourth-order valence-electron chi connectivity index (χ4n) is 4.37. The Morgan fingerprint density at radius 1 is 1.19 bits per heavy atom. The van der Waals surface area contributed by atoms with Gasteiger partial charge in [-0.15, -0.1) is 0 Å². The van der Waals surface area contributed by atoms with E-state index in [1.807, 2.05) is 0 Å². The number of rotatable bonds is 4. The zero-order valence-electron chi connectivity index (χ0n) is 17.3. The van der Waals surface area contributed by atoms with Crippen LogP contribution in [0.2, 0.25) is 0 Å². The van der Waals surface area contributed by atoms with Gasteiger partial charge in [0.25, 0.3) is 0 Å². The van der Waals surface area contributed by atoms with E-state index in [4.69, 9.17) is 0 Å². The first-order valence-electron chi connectivity index (χ1n) is 10.2. The molecule has 0 bridgehead atoms. The van der Waals surface area contributed by atoms with Crippen molar-refractivity contribution < 1.29 is 27.2 Å². The smallest absolute Gasteiger partial charge is 0.325 e. The Morgan fingerprint density at radius 3 is 2.47 bits per heavy atom. The number of piperidine rings is 1. The minimum absolute atomic E-state index is 0.110. The molecule has 2 fully saturated rings. The molecule has 4 rings (SSSR count). The molecule has 0 aliphatic carbocycles. The van der Waals surface area contributed by atoms with Crippen LogP contribution < -0.4 is 5.32 Å². The number of carbonyl (C=O) groups excluding carboxylic acids is 2. The monoisotopic (exact) mass is 454 g/mol. The van der Waals surface area contributed by atoms with Crippen LogP contribution in [0.3, 0.4) is 0 Å². The van der Waals surface area contributed by atoms with E-state index in [-0.39, 0.29) is 12.8 Å². The first kappa shape index (κ1) is 22.2. The van der Waals surface area contributed by atoms with E-state index >= 15 is 0 Å². The van der Waals surface area contributed by atoms with Crippen LogP contribution in [0.5, 0.6) is 0 Å². The zero-order valence-corrected chi connectivity index (χ0v) is 17.3. The van der Waals surface area contributed by atoms with Gasteiger partial charge in [0.15, 0.2) is 11.6 Å². The Balaban J connectivity index is 1.61. The average Bonchev–Trinajstić information content (AvgIpc) is 3.20. The highest BCUT2D eigenvalue weighted by molar-refractivity contribution is 5.98. The average molecular weight is 454 g/mol. The summed E-state index contributed by atoms with van der Waals surface area (Å²) in [6.45, 7) is 0.482. The van der Waals surface area contributed by atoms with Crippen LogP contribution >= 0.6 is 0 Å². The first-order chi connectivity index (χ1) is 15.1. The molecule has 4 heterocycles. The van der Waals surface area contributed by atoms with Crippen molar-refractivity contribution in [2.24, 2.45) is 0 Å². The molecule has 0 saturated carbocycles. The van der Waals surface area contributed by atoms with Gasteiger partial charge in [0.2, 0.25) is 11.8 Å². The lowest BCUT2D eigenvalue weighted by Crippen LogP contribution is -2.71. The van der Waals surface area contributed by atoms with Gasteiger partial charge in [0.1, 0.15) is 18.6 Å². The van der Waals surface area contributed by atoms with Gasteiger partial charge in [-0.1, -0.05) is 6.07 Å². The summed E-state index contributed by atoms with van der Waals surface area (Å²) in [5.74, 6) is -1.38. The highest BCUT2D eigenvalue weighted by Crippen LogP contribution is 2.37. The van der Waals surface area contributed by atoms with Crippen molar-refractivity contribution in [2.45, 2.75) is 37.5 Å². The number of piperazine rings is 1. The summed E-state index contributed by atoms with van der Waals surface area (Å²) in [5.41, 5.74) is -0.930. The summed E-state index contributed by atoms with van der Waals surface area (Å²) in [5, 5.41) is 6.87. The Morgan fingerprint density at radius 2 is 1.91 bits per heavy atom. The van der Waals surface area contributed by atoms with Crippen LogP contribution in [0.4, 0.5) is 17.6 Å². The van der Waals surface area contributed by atoms with Gasteiger partial charge in [-0.25, -0.2) is 14.1 Å². The van der Waals surface area contributed by atoms with Gasteiger partial charge in [-0.05, 0) is 44.5 Å². The largest absolute Gasteiger partial charge is 0.406 e. The molecule has 12 heteroatoms. The molecule has 172 valence electrons. The van der Waals surface area contributed by atoms with Crippen molar-refractivity contribution in [3.8, 4) is 5.82 Å². The molecule has 1 spiro atoms. The maximum absolute atomic E-state index is 13.5. The lowest BCUT2D eigenvalue weighted by atomic mass is 9.82. The third-order valence-electron chi connectivity index (χ3n) is 6.06. The van der Waals surface area contributed by atoms with Crippen LogP contribution in [-0.2, 0) is 9.59 Å². The molecular weight excluding hydrogens is 432 g/mol. The Hall–Kier alpha value is -3.02. The lowest BCUT2D eigenvalue weighted by Gasteiger charge is -2.52. The second-order valence-electron chi connectivity index (χ2n) is 8.04. The highest BCUT2D eigenvalue weighted by Gasteiger charge is 2.56. The van der Waals surface area contributed by atoms with Gasteiger partial charge < -0.3 is 15.1 Å². The van der Waals surface area contributed by atoms with Crippen molar-refractivity contribution in [3.05, 3.63) is 42.1 Å². The van der Waals surface area contributed by atoms with Crippen molar-refractivity contribution in [2.75, 3.05) is 26.2 Å². The van der Waals surface area contributed by atoms with E-state index in [9.17, 15) is 27.2 Å². The fraction of sp³-hybridized carbons (Fsp3) is 0.500. The molecule has 2 aliphatic heterocycles. The van der Waals surface area contributed by atoms with Gasteiger partial charge in [-0.3, -0.25) is 9.59 Å². The molecule has 2 aliphatic rings. The SMILES string of the molecule is CC(c1ccc(-n2cc(F)cn2)nc1)N1CC(=O)N(CC(F)(F)F)C2(CCNCC2)C1=O. The summed E-state index contributed by atoms with van der Waals surface area (Å²) in [4.78, 5) is 32.6. The van der Waals surface area contributed by atoms with Gasteiger partial charge in [0, 0.05) is 6.20 Å². The van der Waals surface area contributed by atoms with Gasteiger partial charge in [0.05, 0.1) is 18.4 Å². The van der Waals surface area contributed by atoms with Crippen LogP contribution in [0.1, 0.15) is 31.4 Å². The first-order valence-corrected chi connectivity index (χ1v) is 10.2. The van der Waals surface area contributed by atoms with E-state index in [2.05, 4.69) is 15.4 Å². The molecule has 2 aromatic rings. The summed E-state index contributed by atoms with van der Waals surface area (Å²) in [7, 11) is 0. The van der Waals surface area contributed by atoms with Gasteiger partial charge in [-0.2, -0.15) is 18.3 Å². The lowest BCUT2D eigenvalue weighted by molar-refractivity contribution is -0.191. The number of hydrogen-bond donors (Lipinski definition) is 1. The molecule has 1 N–H and O–H groups in total. The molecular formula is C20H22F4N6O2. The minimum Gasteiger partial charge on any atom is -0.325 e. The molecule has 0 aromatic carbocycles. The fourth-order valence-corrected chi connectivity index (χ4v) is 4.37. The van der Waals surface area contributed by atoms with Crippen molar-refractivity contribution in [1.82, 2.24) is 29.9 Å². The Labute approximate surface area is 181 Å². The minimum atomic E-state index is -4.60. The third kappa shape index (κ3) is 4.06. The number of aromatic nitrogens is 3. The van der Waals surface area contributed by atoms with E-state index in [1.165, 1.54) is 15.8 Å². The number of nitrogens with one attached hydrogen (secondary N) is 1. The van der Waals surface area contributed by atoms with E-state index in [1.54, 1.807) is 19.1 Å². The molecule has 1 atom stereocenters. The number of amides is 2. The maximum Gasteiger partial charge on any atom is 0.406 e. The van der Waals surface area contributed by atoms with E-state index in [0.717, 1.165) is 12.4 Å². The molecule has 2 aromatic heterocycles. The van der Waals surface area contributed by atoms with Crippen molar-refractivity contribution >= 4 is 11.8 Å². The number of pyridine rings is 1. The maximum atomic E-state index is 13.5. The van der Waals surface area contributed by atoms with E-state index < -0.39 is 48.5 Å². The summed E-state index contributed by atoms with van der Waals surface area (Å²) < 4.78 is 54.0. The van der Waals surface area contributed by atoms with Crippen LogP contribution in [0, 0.1) is 5.82 Å². The standard InChI is InChI=1S/C20H22F4N6O2/c1-13(14-2-3-16(26-8-14)30-10-15(21)9-27-30)28-11-17(31)29(12-20(22,23)24)19(18(28)32)4-6-25-7-5-19/h2-3,8-10,13,25H,4-7,11-12H2,1H3. The number of halogens is 4. The number of carbonyl (C=O) groups is 2. The third-order valence-corrected chi connectivity index (χ3v) is 6.06. The second kappa shape index (κ2) is 8.15. The highest BCUT2D eigenvalue weighted by atomic mass is 19.4. The molecule has 8 nitrogen and oxygen atoms in total. The number of alkyl halides is 3. The zero-order chi connectivity index (χ0) is 23.1. The summed E-state index contributed by atoms with van der Waals surface area (Å²) in [6, 6.07) is 2.66. The molecule has 1 unspecified atom stereocenters. The molecule has 32 heavy (non-hydrogen) atoms. The molecule has 2 amide bonds. The predicted octanol–water partition coefficient (Wildman–Crippen LogP) is 1.82. The summed E-state index contributed by atoms with van der Waals surface area (Å²) >= 11 is 0. The van der Waals surface area contributed by atoms with Crippen molar-refractivity contribution in [1.29, 1.82) is 0 Å². The van der Waals surface area contributed by atoms with Crippen LogP contribution in [0.25, 0.3) is 5.82 Å². The molecule has 2 saturated heterocycles. The normalized spacial score (nSPS) is 20.2. The van der Waals surface area contributed by atoms with Gasteiger partial charge >= 0.3 is 6.18 Å². The predicted molar refractivity (Wildman–Crippen MR) is 104 cm³/mol. The molecule has 0 radical (unpaired) electrons.